The maximum Gasteiger partial charge on any atom is 0.251 e. The summed E-state index contributed by atoms with van der Waals surface area (Å²) < 4.78 is 2.50. The van der Waals surface area contributed by atoms with E-state index in [2.05, 4.69) is 76.6 Å². The fourth-order valence-electron chi connectivity index (χ4n) is 4.76. The van der Waals surface area contributed by atoms with Crippen LogP contribution in [0.2, 0.25) is 0 Å². The topological polar surface area (TPSA) is 35.6 Å². The molecule has 5 heteroatoms. The molecule has 170 valence electrons. The highest BCUT2D eigenvalue weighted by atomic mass is 32.1. The number of benzene rings is 3. The number of hydrogen-bond donors (Lipinski definition) is 1. The maximum absolute atomic E-state index is 12.7. The number of rotatable bonds is 7. The van der Waals surface area contributed by atoms with Crippen LogP contribution in [0.5, 0.6) is 0 Å². The summed E-state index contributed by atoms with van der Waals surface area (Å²) in [4.78, 5) is 17.7. The number of carbonyl (C=O) groups is 1. The molecule has 0 saturated carbocycles. The molecule has 0 bridgehead atoms. The number of hydrogen-bond acceptors (Lipinski definition) is 4. The molecule has 1 amide bonds. The van der Waals surface area contributed by atoms with Crippen molar-refractivity contribution >= 4 is 43.1 Å². The number of aryl methyl sites for hydroxylation is 1. The number of nitrogens with zero attached hydrogens (tertiary/aromatic N) is 2. The Morgan fingerprint density at radius 2 is 1.64 bits per heavy atom. The van der Waals surface area contributed by atoms with Crippen molar-refractivity contribution in [3.8, 4) is 0 Å². The molecule has 0 radical (unpaired) electrons. The Morgan fingerprint density at radius 3 is 2.48 bits per heavy atom. The molecular weight excluding hydrogens is 426 g/mol. The van der Waals surface area contributed by atoms with Crippen molar-refractivity contribution in [2.45, 2.75) is 19.8 Å². The molecule has 4 aromatic rings. The molecule has 33 heavy (non-hydrogen) atoms. The lowest BCUT2D eigenvalue weighted by atomic mass is 10.1. The van der Waals surface area contributed by atoms with Crippen LogP contribution >= 0.6 is 11.3 Å². The second kappa shape index (κ2) is 9.94. The van der Waals surface area contributed by atoms with E-state index in [9.17, 15) is 4.79 Å². The predicted octanol–water partition coefficient (Wildman–Crippen LogP) is 5.70. The quantitative estimate of drug-likeness (QED) is 0.362. The number of para-hydroxylation sites is 1. The highest BCUT2D eigenvalue weighted by molar-refractivity contribution is 7.25. The second-order valence-corrected chi connectivity index (χ2v) is 9.97. The van der Waals surface area contributed by atoms with Gasteiger partial charge in [0.2, 0.25) is 0 Å². The van der Waals surface area contributed by atoms with Crippen LogP contribution < -0.4 is 10.2 Å². The molecule has 5 rings (SSSR count). The van der Waals surface area contributed by atoms with Crippen molar-refractivity contribution in [1.29, 1.82) is 0 Å². The van der Waals surface area contributed by atoms with Gasteiger partial charge in [0.15, 0.2) is 0 Å². The van der Waals surface area contributed by atoms with E-state index in [1.165, 1.54) is 31.4 Å². The van der Waals surface area contributed by atoms with Gasteiger partial charge in [0.25, 0.3) is 5.91 Å². The SMILES string of the molecule is Cc1ccccc1N1CCN(CCCCNC(=O)c2ccc3sc4ccccc4c3c2)CC1. The Balaban J connectivity index is 1.06. The summed E-state index contributed by atoms with van der Waals surface area (Å²) in [5, 5.41) is 5.52. The zero-order valence-electron chi connectivity index (χ0n) is 19.2. The summed E-state index contributed by atoms with van der Waals surface area (Å²) in [6.07, 6.45) is 2.12. The van der Waals surface area contributed by atoms with Crippen molar-refractivity contribution < 1.29 is 4.79 Å². The first-order valence-electron chi connectivity index (χ1n) is 11.9. The van der Waals surface area contributed by atoms with Crippen LogP contribution in [0.3, 0.4) is 0 Å². The van der Waals surface area contributed by atoms with Crippen molar-refractivity contribution in [2.75, 3.05) is 44.2 Å². The third-order valence-electron chi connectivity index (χ3n) is 6.65. The number of fused-ring (bicyclic) bond motifs is 3. The largest absolute Gasteiger partial charge is 0.369 e. The predicted molar refractivity (Wildman–Crippen MR) is 141 cm³/mol. The lowest BCUT2D eigenvalue weighted by Crippen LogP contribution is -2.46. The lowest BCUT2D eigenvalue weighted by Gasteiger charge is -2.36. The summed E-state index contributed by atoms with van der Waals surface area (Å²) in [7, 11) is 0. The first kappa shape index (κ1) is 21.9. The number of thiophene rings is 1. The monoisotopic (exact) mass is 457 g/mol. The number of carbonyl (C=O) groups excluding carboxylic acids is 1. The van der Waals surface area contributed by atoms with Gasteiger partial charge >= 0.3 is 0 Å². The average molecular weight is 458 g/mol. The van der Waals surface area contributed by atoms with Crippen LogP contribution in [0.25, 0.3) is 20.2 Å². The van der Waals surface area contributed by atoms with E-state index in [1.807, 2.05) is 12.1 Å². The number of piperazine rings is 1. The van der Waals surface area contributed by atoms with Crippen molar-refractivity contribution in [1.82, 2.24) is 10.2 Å². The van der Waals surface area contributed by atoms with Crippen molar-refractivity contribution in [3.63, 3.8) is 0 Å². The zero-order valence-corrected chi connectivity index (χ0v) is 20.0. The Morgan fingerprint density at radius 1 is 0.879 bits per heavy atom. The van der Waals surface area contributed by atoms with Gasteiger partial charge in [-0.1, -0.05) is 36.4 Å². The highest BCUT2D eigenvalue weighted by Gasteiger charge is 2.17. The Bertz CT molecular complexity index is 1260. The fourth-order valence-corrected chi connectivity index (χ4v) is 5.85. The minimum absolute atomic E-state index is 0.0269. The van der Waals surface area contributed by atoms with Crippen LogP contribution in [0.15, 0.2) is 66.7 Å². The molecule has 3 aromatic carbocycles. The fraction of sp³-hybridized carbons (Fsp3) is 0.321. The zero-order chi connectivity index (χ0) is 22.6. The summed E-state index contributed by atoms with van der Waals surface area (Å²) >= 11 is 1.78. The molecule has 0 atom stereocenters. The van der Waals surface area contributed by atoms with E-state index < -0.39 is 0 Å². The molecule has 1 N–H and O–H groups in total. The van der Waals surface area contributed by atoms with Crippen molar-refractivity contribution in [3.05, 3.63) is 77.9 Å². The van der Waals surface area contributed by atoms with E-state index in [0.29, 0.717) is 0 Å². The summed E-state index contributed by atoms with van der Waals surface area (Å²) in [6.45, 7) is 8.40. The number of unbranched alkanes of at least 4 members (excludes halogenated alkanes) is 1. The van der Waals surface area contributed by atoms with Gasteiger partial charge in [-0.2, -0.15) is 0 Å². The van der Waals surface area contributed by atoms with Gasteiger partial charge < -0.3 is 10.2 Å². The number of anilines is 1. The lowest BCUT2D eigenvalue weighted by molar-refractivity contribution is 0.0952. The van der Waals surface area contributed by atoms with Gasteiger partial charge in [0.1, 0.15) is 0 Å². The molecule has 4 nitrogen and oxygen atoms in total. The van der Waals surface area contributed by atoms with Crippen LogP contribution in [0, 0.1) is 6.92 Å². The molecule has 1 aromatic heterocycles. The van der Waals surface area contributed by atoms with E-state index in [-0.39, 0.29) is 5.91 Å². The molecule has 1 aliphatic heterocycles. The molecule has 2 heterocycles. The molecule has 1 saturated heterocycles. The normalized spacial score (nSPS) is 14.8. The Kier molecular flexibility index (Phi) is 6.60. The summed E-state index contributed by atoms with van der Waals surface area (Å²) in [6, 6.07) is 23.1. The van der Waals surface area contributed by atoms with Gasteiger partial charge in [0, 0.05) is 64.1 Å². The van der Waals surface area contributed by atoms with E-state index in [1.54, 1.807) is 11.3 Å². The number of amides is 1. The molecule has 0 aliphatic carbocycles. The van der Waals surface area contributed by atoms with Crippen LogP contribution in [0.4, 0.5) is 5.69 Å². The molecule has 1 aliphatic rings. The standard InChI is InChI=1S/C28H31N3OS/c1-21-8-2-4-10-25(21)31-18-16-30(17-19-31)15-7-6-14-29-28(32)22-12-13-27-24(20-22)23-9-3-5-11-26(23)33-27/h2-5,8-13,20H,6-7,14-19H2,1H3,(H,29,32). The van der Waals surface area contributed by atoms with Crippen molar-refractivity contribution in [2.24, 2.45) is 0 Å². The smallest absolute Gasteiger partial charge is 0.251 e. The van der Waals surface area contributed by atoms with Gasteiger partial charge in [0.05, 0.1) is 0 Å². The van der Waals surface area contributed by atoms with Gasteiger partial charge in [-0.05, 0) is 62.2 Å². The minimum atomic E-state index is 0.0269. The van der Waals surface area contributed by atoms with E-state index in [0.717, 1.165) is 57.7 Å². The van der Waals surface area contributed by atoms with E-state index in [4.69, 9.17) is 0 Å². The third-order valence-corrected chi connectivity index (χ3v) is 7.81. The van der Waals surface area contributed by atoms with Gasteiger partial charge in [-0.3, -0.25) is 9.69 Å². The second-order valence-electron chi connectivity index (χ2n) is 8.89. The Hall–Kier alpha value is -2.89. The van der Waals surface area contributed by atoms with E-state index >= 15 is 0 Å². The number of nitrogens with one attached hydrogen (secondary N) is 1. The van der Waals surface area contributed by atoms with Crippen LogP contribution in [-0.2, 0) is 0 Å². The van der Waals surface area contributed by atoms with Gasteiger partial charge in [-0.15, -0.1) is 11.3 Å². The van der Waals surface area contributed by atoms with Crippen LogP contribution in [0.1, 0.15) is 28.8 Å². The van der Waals surface area contributed by atoms with Gasteiger partial charge in [-0.25, -0.2) is 0 Å². The first-order chi connectivity index (χ1) is 16.2. The minimum Gasteiger partial charge on any atom is -0.369 e. The summed E-state index contributed by atoms with van der Waals surface area (Å²) in [5.41, 5.74) is 3.47. The molecular formula is C28H31N3OS. The Labute approximate surface area is 199 Å². The maximum atomic E-state index is 12.7. The third kappa shape index (κ3) is 4.90. The first-order valence-corrected chi connectivity index (χ1v) is 12.7. The molecule has 1 fully saturated rings. The average Bonchev–Trinajstić information content (AvgIpc) is 3.22. The molecule has 0 unspecified atom stereocenters. The summed E-state index contributed by atoms with van der Waals surface area (Å²) in [5.74, 6) is 0.0269. The van der Waals surface area contributed by atoms with Crippen LogP contribution in [-0.4, -0.2) is 50.1 Å². The highest BCUT2D eigenvalue weighted by Crippen LogP contribution is 2.34. The molecule has 0 spiro atoms.